The van der Waals surface area contributed by atoms with E-state index in [-0.39, 0.29) is 12.5 Å². The van der Waals surface area contributed by atoms with Gasteiger partial charge in [0.15, 0.2) is 0 Å². The first-order chi connectivity index (χ1) is 9.15. The first-order valence-corrected chi connectivity index (χ1v) is 6.63. The van der Waals surface area contributed by atoms with E-state index in [2.05, 4.69) is 5.43 Å². The first-order valence-electron chi connectivity index (χ1n) is 6.63. The van der Waals surface area contributed by atoms with Crippen molar-refractivity contribution in [3.8, 4) is 0 Å². The van der Waals surface area contributed by atoms with Gasteiger partial charge in [0, 0.05) is 25.3 Å². The van der Waals surface area contributed by atoms with E-state index in [0.29, 0.717) is 11.5 Å². The number of hydrogen-bond acceptors (Lipinski definition) is 4. The molecule has 1 aromatic carbocycles. The normalized spacial score (nSPS) is 18.7. The SMILES string of the molecule is Cc1cc(C(=O)N2CCC(CCO)C2)ccc1NN. The van der Waals surface area contributed by atoms with Crippen LogP contribution in [0.15, 0.2) is 18.2 Å². The summed E-state index contributed by atoms with van der Waals surface area (Å²) in [6, 6.07) is 5.48. The van der Waals surface area contributed by atoms with Gasteiger partial charge < -0.3 is 15.4 Å². The molecule has 0 spiro atoms. The highest BCUT2D eigenvalue weighted by molar-refractivity contribution is 5.95. The third-order valence-corrected chi connectivity index (χ3v) is 3.74. The van der Waals surface area contributed by atoms with E-state index in [0.717, 1.165) is 37.2 Å². The van der Waals surface area contributed by atoms with Gasteiger partial charge in [-0.15, -0.1) is 0 Å². The Morgan fingerprint density at radius 2 is 2.37 bits per heavy atom. The largest absolute Gasteiger partial charge is 0.396 e. The second-order valence-corrected chi connectivity index (χ2v) is 5.09. The summed E-state index contributed by atoms with van der Waals surface area (Å²) in [5.41, 5.74) is 5.09. The van der Waals surface area contributed by atoms with Crippen LogP contribution in [0.1, 0.15) is 28.8 Å². The van der Waals surface area contributed by atoms with Gasteiger partial charge in [-0.05, 0) is 49.4 Å². The van der Waals surface area contributed by atoms with E-state index < -0.39 is 0 Å². The maximum absolute atomic E-state index is 12.4. The van der Waals surface area contributed by atoms with Crippen LogP contribution in [0.3, 0.4) is 0 Å². The number of rotatable bonds is 4. The number of carbonyl (C=O) groups is 1. The molecule has 0 bridgehead atoms. The molecule has 1 aliphatic heterocycles. The average Bonchev–Trinajstić information content (AvgIpc) is 2.87. The van der Waals surface area contributed by atoms with Crippen molar-refractivity contribution >= 4 is 11.6 Å². The van der Waals surface area contributed by atoms with Gasteiger partial charge in [-0.1, -0.05) is 0 Å². The fraction of sp³-hybridized carbons (Fsp3) is 0.500. The van der Waals surface area contributed by atoms with Crippen LogP contribution in [0.4, 0.5) is 5.69 Å². The van der Waals surface area contributed by atoms with E-state index in [1.54, 1.807) is 6.07 Å². The number of anilines is 1. The smallest absolute Gasteiger partial charge is 0.253 e. The monoisotopic (exact) mass is 263 g/mol. The summed E-state index contributed by atoms with van der Waals surface area (Å²) in [4.78, 5) is 14.2. The molecule has 1 atom stereocenters. The number of aliphatic hydroxyl groups is 1. The van der Waals surface area contributed by atoms with Crippen LogP contribution in [0, 0.1) is 12.8 Å². The van der Waals surface area contributed by atoms with Crippen LogP contribution in [-0.4, -0.2) is 35.6 Å². The zero-order chi connectivity index (χ0) is 13.8. The summed E-state index contributed by atoms with van der Waals surface area (Å²) >= 11 is 0. The Labute approximate surface area is 113 Å². The summed E-state index contributed by atoms with van der Waals surface area (Å²) in [5.74, 6) is 5.87. The molecule has 1 amide bonds. The number of aryl methyl sites for hydroxylation is 1. The van der Waals surface area contributed by atoms with Crippen molar-refractivity contribution in [2.75, 3.05) is 25.1 Å². The molecule has 2 rings (SSSR count). The highest BCUT2D eigenvalue weighted by atomic mass is 16.3. The molecule has 104 valence electrons. The van der Waals surface area contributed by atoms with Crippen molar-refractivity contribution < 1.29 is 9.90 Å². The van der Waals surface area contributed by atoms with Gasteiger partial charge in [-0.2, -0.15) is 0 Å². The van der Waals surface area contributed by atoms with E-state index in [4.69, 9.17) is 10.9 Å². The van der Waals surface area contributed by atoms with Crippen molar-refractivity contribution in [3.63, 3.8) is 0 Å². The van der Waals surface area contributed by atoms with E-state index in [1.807, 2.05) is 24.0 Å². The second-order valence-electron chi connectivity index (χ2n) is 5.09. The molecule has 19 heavy (non-hydrogen) atoms. The fourth-order valence-corrected chi connectivity index (χ4v) is 2.58. The van der Waals surface area contributed by atoms with Gasteiger partial charge >= 0.3 is 0 Å². The number of amides is 1. The molecule has 1 aliphatic rings. The summed E-state index contributed by atoms with van der Waals surface area (Å²) in [7, 11) is 0. The maximum atomic E-state index is 12.4. The predicted octanol–water partition coefficient (Wildman–Crippen LogP) is 1.13. The van der Waals surface area contributed by atoms with Crippen LogP contribution in [0.5, 0.6) is 0 Å². The van der Waals surface area contributed by atoms with Gasteiger partial charge in [0.1, 0.15) is 0 Å². The molecule has 0 aromatic heterocycles. The molecule has 1 unspecified atom stereocenters. The number of likely N-dealkylation sites (tertiary alicyclic amines) is 1. The number of aliphatic hydroxyl groups excluding tert-OH is 1. The number of nitrogens with zero attached hydrogens (tertiary/aromatic N) is 1. The number of hydrogen-bond donors (Lipinski definition) is 3. The number of nitrogens with one attached hydrogen (secondary N) is 1. The average molecular weight is 263 g/mol. The molecule has 4 N–H and O–H groups in total. The van der Waals surface area contributed by atoms with Crippen LogP contribution in [0.2, 0.25) is 0 Å². The van der Waals surface area contributed by atoms with E-state index in [1.165, 1.54) is 0 Å². The number of benzene rings is 1. The maximum Gasteiger partial charge on any atom is 0.253 e. The van der Waals surface area contributed by atoms with Gasteiger partial charge in [0.25, 0.3) is 5.91 Å². The van der Waals surface area contributed by atoms with E-state index >= 15 is 0 Å². The minimum absolute atomic E-state index is 0.0621. The lowest BCUT2D eigenvalue weighted by molar-refractivity contribution is 0.0784. The molecule has 5 nitrogen and oxygen atoms in total. The van der Waals surface area contributed by atoms with Crippen LogP contribution in [-0.2, 0) is 0 Å². The topological polar surface area (TPSA) is 78.6 Å². The van der Waals surface area contributed by atoms with Crippen LogP contribution < -0.4 is 11.3 Å². The molecule has 0 aliphatic carbocycles. The molecular formula is C14H21N3O2. The first kappa shape index (κ1) is 13.8. The number of carbonyl (C=O) groups excluding carboxylic acids is 1. The lowest BCUT2D eigenvalue weighted by Gasteiger charge is -2.17. The Morgan fingerprint density at radius 1 is 1.58 bits per heavy atom. The number of nitrogen functional groups attached to an aromatic ring is 1. The highest BCUT2D eigenvalue weighted by Gasteiger charge is 2.26. The number of nitrogens with two attached hydrogens (primary N) is 1. The summed E-state index contributed by atoms with van der Waals surface area (Å²) in [6.07, 6.45) is 1.76. The predicted molar refractivity (Wildman–Crippen MR) is 74.7 cm³/mol. The Bertz CT molecular complexity index is 462. The highest BCUT2D eigenvalue weighted by Crippen LogP contribution is 2.22. The van der Waals surface area contributed by atoms with Crippen molar-refractivity contribution in [2.45, 2.75) is 19.8 Å². The lowest BCUT2D eigenvalue weighted by Crippen LogP contribution is -2.29. The molecule has 0 radical (unpaired) electrons. The Hall–Kier alpha value is -1.59. The van der Waals surface area contributed by atoms with Crippen LogP contribution >= 0.6 is 0 Å². The molecule has 1 saturated heterocycles. The number of hydrazine groups is 1. The quantitative estimate of drug-likeness (QED) is 0.562. The molecule has 1 aromatic rings. The minimum Gasteiger partial charge on any atom is -0.396 e. The van der Waals surface area contributed by atoms with Gasteiger partial charge in [-0.25, -0.2) is 0 Å². The van der Waals surface area contributed by atoms with Crippen LogP contribution in [0.25, 0.3) is 0 Å². The van der Waals surface area contributed by atoms with Gasteiger partial charge in [0.05, 0.1) is 5.69 Å². The Balaban J connectivity index is 2.06. The molecular weight excluding hydrogens is 242 g/mol. The third-order valence-electron chi connectivity index (χ3n) is 3.74. The zero-order valence-electron chi connectivity index (χ0n) is 11.2. The second kappa shape index (κ2) is 6.04. The standard InChI is InChI=1S/C14H21N3O2/c1-10-8-12(2-3-13(10)16-15)14(19)17-6-4-11(9-17)5-7-18/h2-3,8,11,16,18H,4-7,9,15H2,1H3. The fourth-order valence-electron chi connectivity index (χ4n) is 2.58. The molecule has 0 saturated carbocycles. The van der Waals surface area contributed by atoms with E-state index in [9.17, 15) is 4.79 Å². The van der Waals surface area contributed by atoms with Gasteiger partial charge in [-0.3, -0.25) is 10.6 Å². The minimum atomic E-state index is 0.0621. The van der Waals surface area contributed by atoms with Gasteiger partial charge in [0.2, 0.25) is 0 Å². The Kier molecular flexibility index (Phi) is 4.39. The summed E-state index contributed by atoms with van der Waals surface area (Å²) in [6.45, 7) is 3.64. The zero-order valence-corrected chi connectivity index (χ0v) is 11.2. The summed E-state index contributed by atoms with van der Waals surface area (Å²) < 4.78 is 0. The summed E-state index contributed by atoms with van der Waals surface area (Å²) in [5, 5.41) is 8.94. The van der Waals surface area contributed by atoms with Crippen molar-refractivity contribution in [1.29, 1.82) is 0 Å². The molecule has 1 heterocycles. The third kappa shape index (κ3) is 3.05. The van der Waals surface area contributed by atoms with Crippen molar-refractivity contribution in [1.82, 2.24) is 4.90 Å². The van der Waals surface area contributed by atoms with Crippen molar-refractivity contribution in [3.05, 3.63) is 29.3 Å². The molecule has 5 heteroatoms. The lowest BCUT2D eigenvalue weighted by atomic mass is 10.1. The molecule has 1 fully saturated rings. The van der Waals surface area contributed by atoms with Crippen molar-refractivity contribution in [2.24, 2.45) is 11.8 Å². The Morgan fingerprint density at radius 3 is 3.00 bits per heavy atom.